The van der Waals surface area contributed by atoms with Gasteiger partial charge in [0.2, 0.25) is 0 Å². The van der Waals surface area contributed by atoms with Gasteiger partial charge in [0.1, 0.15) is 0 Å². The lowest BCUT2D eigenvalue weighted by atomic mass is 9.74. The van der Waals surface area contributed by atoms with E-state index in [4.69, 9.17) is 5.11 Å². The standard InChI is InChI=1S/C6H11NO/c8-6-1-4-2-7-3-5(4)6/h4-8H,1-3H2/t4-,5-,6+/m0/s1. The largest absolute Gasteiger partial charge is 0.393 e. The Labute approximate surface area is 48.9 Å². The maximum absolute atomic E-state index is 9.08. The molecule has 8 heavy (non-hydrogen) atoms. The van der Waals surface area contributed by atoms with Gasteiger partial charge in [0, 0.05) is 12.5 Å². The van der Waals surface area contributed by atoms with Gasteiger partial charge in [0.25, 0.3) is 0 Å². The van der Waals surface area contributed by atoms with E-state index in [9.17, 15) is 0 Å². The second-order valence-corrected chi connectivity index (χ2v) is 2.89. The minimum absolute atomic E-state index is 0.0231. The summed E-state index contributed by atoms with van der Waals surface area (Å²) >= 11 is 0. The Bertz CT molecular complexity index is 105. The molecule has 2 heteroatoms. The lowest BCUT2D eigenvalue weighted by Gasteiger charge is -2.35. The van der Waals surface area contributed by atoms with Crippen LogP contribution in [0.25, 0.3) is 0 Å². The second kappa shape index (κ2) is 1.45. The van der Waals surface area contributed by atoms with Gasteiger partial charge in [-0.3, -0.25) is 0 Å². The molecule has 1 heterocycles. The van der Waals surface area contributed by atoms with Gasteiger partial charge in [-0.2, -0.15) is 0 Å². The highest BCUT2D eigenvalue weighted by Crippen LogP contribution is 2.36. The van der Waals surface area contributed by atoms with Crippen molar-refractivity contribution < 1.29 is 5.11 Å². The molecule has 0 aromatic rings. The van der Waals surface area contributed by atoms with Crippen LogP contribution in [-0.2, 0) is 0 Å². The van der Waals surface area contributed by atoms with Crippen molar-refractivity contribution in [3.8, 4) is 0 Å². The van der Waals surface area contributed by atoms with Gasteiger partial charge in [-0.05, 0) is 18.9 Å². The van der Waals surface area contributed by atoms with Crippen LogP contribution in [0.2, 0.25) is 0 Å². The van der Waals surface area contributed by atoms with E-state index in [0.29, 0.717) is 5.92 Å². The van der Waals surface area contributed by atoms with Crippen LogP contribution in [0.3, 0.4) is 0 Å². The average Bonchev–Trinajstić information content (AvgIpc) is 2.09. The van der Waals surface area contributed by atoms with Crippen molar-refractivity contribution in [3.05, 3.63) is 0 Å². The van der Waals surface area contributed by atoms with Gasteiger partial charge in [-0.25, -0.2) is 0 Å². The topological polar surface area (TPSA) is 32.3 Å². The number of aliphatic hydroxyl groups excluding tert-OH is 1. The second-order valence-electron chi connectivity index (χ2n) is 2.89. The smallest absolute Gasteiger partial charge is 0.0586 e. The molecular weight excluding hydrogens is 102 g/mol. The summed E-state index contributed by atoms with van der Waals surface area (Å²) in [5.41, 5.74) is 0. The molecule has 2 N–H and O–H groups in total. The fourth-order valence-electron chi connectivity index (χ4n) is 1.75. The number of fused-ring (bicyclic) bond motifs is 1. The molecule has 0 amide bonds. The number of rotatable bonds is 0. The molecule has 0 bridgehead atoms. The molecule has 0 unspecified atom stereocenters. The third-order valence-electron chi connectivity index (χ3n) is 2.43. The Hall–Kier alpha value is -0.0800. The maximum atomic E-state index is 9.08. The Morgan fingerprint density at radius 2 is 2.25 bits per heavy atom. The van der Waals surface area contributed by atoms with Gasteiger partial charge >= 0.3 is 0 Å². The highest BCUT2D eigenvalue weighted by molar-refractivity contribution is 4.95. The Morgan fingerprint density at radius 1 is 1.38 bits per heavy atom. The van der Waals surface area contributed by atoms with E-state index in [0.717, 1.165) is 25.4 Å². The molecule has 1 saturated heterocycles. The van der Waals surface area contributed by atoms with Crippen LogP contribution in [0.1, 0.15) is 6.42 Å². The van der Waals surface area contributed by atoms with E-state index in [-0.39, 0.29) is 6.10 Å². The lowest BCUT2D eigenvalue weighted by molar-refractivity contribution is -0.00403. The van der Waals surface area contributed by atoms with Crippen LogP contribution < -0.4 is 5.32 Å². The molecule has 1 aliphatic heterocycles. The van der Waals surface area contributed by atoms with Crippen molar-refractivity contribution in [3.63, 3.8) is 0 Å². The minimum Gasteiger partial charge on any atom is -0.393 e. The van der Waals surface area contributed by atoms with Gasteiger partial charge < -0.3 is 10.4 Å². The van der Waals surface area contributed by atoms with Gasteiger partial charge in [-0.15, -0.1) is 0 Å². The van der Waals surface area contributed by atoms with Gasteiger partial charge in [0.05, 0.1) is 6.10 Å². The van der Waals surface area contributed by atoms with Crippen molar-refractivity contribution in [2.24, 2.45) is 11.8 Å². The van der Waals surface area contributed by atoms with E-state index >= 15 is 0 Å². The van der Waals surface area contributed by atoms with Crippen molar-refractivity contribution in [1.82, 2.24) is 5.32 Å². The molecule has 1 saturated carbocycles. The van der Waals surface area contributed by atoms with E-state index < -0.39 is 0 Å². The van der Waals surface area contributed by atoms with Crippen molar-refractivity contribution in [2.45, 2.75) is 12.5 Å². The summed E-state index contributed by atoms with van der Waals surface area (Å²) < 4.78 is 0. The molecule has 46 valence electrons. The fraction of sp³-hybridized carbons (Fsp3) is 1.00. The molecule has 2 aliphatic rings. The fourth-order valence-corrected chi connectivity index (χ4v) is 1.75. The SMILES string of the molecule is O[C@@H]1C[C@H]2CNC[C@@H]21. The monoisotopic (exact) mass is 113 g/mol. The summed E-state index contributed by atoms with van der Waals surface area (Å²) in [6, 6.07) is 0. The zero-order valence-electron chi connectivity index (χ0n) is 4.80. The van der Waals surface area contributed by atoms with Crippen LogP contribution in [0.15, 0.2) is 0 Å². The lowest BCUT2D eigenvalue weighted by Crippen LogP contribution is -2.39. The molecule has 0 radical (unpaired) electrons. The number of hydrogen-bond acceptors (Lipinski definition) is 2. The molecule has 2 nitrogen and oxygen atoms in total. The summed E-state index contributed by atoms with van der Waals surface area (Å²) in [5, 5.41) is 12.3. The molecule has 1 aliphatic carbocycles. The van der Waals surface area contributed by atoms with Gasteiger partial charge in [-0.1, -0.05) is 0 Å². The quantitative estimate of drug-likeness (QED) is 0.447. The van der Waals surface area contributed by atoms with Crippen LogP contribution >= 0.6 is 0 Å². The average molecular weight is 113 g/mol. The third kappa shape index (κ3) is 0.446. The predicted molar refractivity (Wildman–Crippen MR) is 30.5 cm³/mol. The first kappa shape index (κ1) is 4.77. The van der Waals surface area contributed by atoms with Crippen LogP contribution in [0.5, 0.6) is 0 Å². The van der Waals surface area contributed by atoms with Crippen molar-refractivity contribution in [2.75, 3.05) is 13.1 Å². The maximum Gasteiger partial charge on any atom is 0.0586 e. The van der Waals surface area contributed by atoms with E-state index in [2.05, 4.69) is 5.32 Å². The predicted octanol–water partition coefficient (Wildman–Crippen LogP) is -0.413. The summed E-state index contributed by atoms with van der Waals surface area (Å²) in [6.45, 7) is 2.19. The third-order valence-corrected chi connectivity index (χ3v) is 2.43. The van der Waals surface area contributed by atoms with E-state index in [1.165, 1.54) is 0 Å². The van der Waals surface area contributed by atoms with E-state index in [1.807, 2.05) is 0 Å². The first-order valence-electron chi connectivity index (χ1n) is 3.26. The van der Waals surface area contributed by atoms with Crippen molar-refractivity contribution in [1.29, 1.82) is 0 Å². The summed E-state index contributed by atoms with van der Waals surface area (Å²) in [5.74, 6) is 1.42. The van der Waals surface area contributed by atoms with Crippen LogP contribution in [-0.4, -0.2) is 24.3 Å². The number of aliphatic hydroxyl groups is 1. The normalized spacial score (nSPS) is 52.9. The summed E-state index contributed by atoms with van der Waals surface area (Å²) in [7, 11) is 0. The number of hydrogen-bond donors (Lipinski definition) is 2. The molecule has 3 atom stereocenters. The molecule has 0 aromatic heterocycles. The zero-order chi connectivity index (χ0) is 5.56. The number of nitrogens with one attached hydrogen (secondary N) is 1. The Kier molecular flexibility index (Phi) is 0.866. The van der Waals surface area contributed by atoms with Gasteiger partial charge in [0.15, 0.2) is 0 Å². The summed E-state index contributed by atoms with van der Waals surface area (Å²) in [4.78, 5) is 0. The molecule has 0 aromatic carbocycles. The van der Waals surface area contributed by atoms with Crippen LogP contribution in [0.4, 0.5) is 0 Å². The van der Waals surface area contributed by atoms with E-state index in [1.54, 1.807) is 0 Å². The first-order valence-corrected chi connectivity index (χ1v) is 3.26. The first-order chi connectivity index (χ1) is 3.88. The minimum atomic E-state index is 0.0231. The highest BCUT2D eigenvalue weighted by Gasteiger charge is 2.42. The molecule has 2 rings (SSSR count). The molecular formula is C6H11NO. The Balaban J connectivity index is 2.02. The van der Waals surface area contributed by atoms with Crippen molar-refractivity contribution >= 4 is 0 Å². The summed E-state index contributed by atoms with van der Waals surface area (Å²) in [6.07, 6.45) is 1.06. The highest BCUT2D eigenvalue weighted by atomic mass is 16.3. The molecule has 2 fully saturated rings. The molecule has 0 spiro atoms. The zero-order valence-corrected chi connectivity index (χ0v) is 4.80. The van der Waals surface area contributed by atoms with Crippen LogP contribution in [0, 0.1) is 11.8 Å². The Morgan fingerprint density at radius 3 is 2.75 bits per heavy atom.